The van der Waals surface area contributed by atoms with E-state index in [0.29, 0.717) is 5.75 Å². The van der Waals surface area contributed by atoms with Gasteiger partial charge < -0.3 is 10.0 Å². The highest BCUT2D eigenvalue weighted by Gasteiger charge is 2.27. The van der Waals surface area contributed by atoms with Crippen LogP contribution >= 0.6 is 11.8 Å². The van der Waals surface area contributed by atoms with Crippen LogP contribution in [0.1, 0.15) is 25.7 Å². The number of carbonyl (C=O) groups excluding carboxylic acids is 1. The molecule has 1 saturated heterocycles. The molecule has 0 aromatic heterocycles. The van der Waals surface area contributed by atoms with E-state index in [2.05, 4.69) is 0 Å². The molecule has 15 heavy (non-hydrogen) atoms. The van der Waals surface area contributed by atoms with Gasteiger partial charge in [0.05, 0.1) is 12.2 Å². The first-order chi connectivity index (χ1) is 7.15. The minimum absolute atomic E-state index is 0.0773. The van der Waals surface area contributed by atoms with Crippen LogP contribution in [0.2, 0.25) is 0 Å². The largest absolute Gasteiger partial charge is 0.481 e. The molecule has 4 nitrogen and oxygen atoms in total. The number of carbonyl (C=O) groups is 2. The normalized spacial score (nSPS) is 21.4. The zero-order valence-corrected chi connectivity index (χ0v) is 9.76. The van der Waals surface area contributed by atoms with Gasteiger partial charge in [-0.3, -0.25) is 9.59 Å². The maximum absolute atomic E-state index is 11.7. The van der Waals surface area contributed by atoms with E-state index < -0.39 is 5.97 Å². The third kappa shape index (κ3) is 3.74. The van der Waals surface area contributed by atoms with Gasteiger partial charge in [0.1, 0.15) is 0 Å². The Labute approximate surface area is 94.0 Å². The van der Waals surface area contributed by atoms with Crippen LogP contribution in [0.25, 0.3) is 0 Å². The van der Waals surface area contributed by atoms with Crippen LogP contribution in [0.4, 0.5) is 0 Å². The Morgan fingerprint density at radius 1 is 1.47 bits per heavy atom. The fourth-order valence-corrected chi connectivity index (χ4v) is 2.36. The molecule has 1 unspecified atom stereocenters. The van der Waals surface area contributed by atoms with Gasteiger partial charge in [-0.1, -0.05) is 0 Å². The van der Waals surface area contributed by atoms with Crippen LogP contribution in [0, 0.1) is 0 Å². The molecule has 1 aliphatic heterocycles. The molecule has 1 heterocycles. The number of hydrogen-bond acceptors (Lipinski definition) is 3. The Kier molecular flexibility index (Phi) is 4.94. The molecular formula is C10H17NO3S. The Morgan fingerprint density at radius 2 is 2.20 bits per heavy atom. The van der Waals surface area contributed by atoms with Gasteiger partial charge in [0.2, 0.25) is 5.91 Å². The van der Waals surface area contributed by atoms with Crippen molar-refractivity contribution < 1.29 is 14.7 Å². The molecule has 0 spiro atoms. The molecule has 0 bridgehead atoms. The molecule has 1 rings (SSSR count). The second kappa shape index (κ2) is 6.00. The fraction of sp³-hybridized carbons (Fsp3) is 0.800. The van der Waals surface area contributed by atoms with E-state index >= 15 is 0 Å². The topological polar surface area (TPSA) is 57.6 Å². The summed E-state index contributed by atoms with van der Waals surface area (Å²) in [6.45, 7) is 0.720. The number of hydrogen-bond donors (Lipinski definition) is 1. The lowest BCUT2D eigenvalue weighted by Crippen LogP contribution is -2.45. The van der Waals surface area contributed by atoms with E-state index in [1.54, 1.807) is 4.90 Å². The van der Waals surface area contributed by atoms with Gasteiger partial charge in [-0.05, 0) is 25.5 Å². The fourth-order valence-electron chi connectivity index (χ4n) is 1.95. The number of piperidine rings is 1. The summed E-state index contributed by atoms with van der Waals surface area (Å²) in [5.74, 6) is -0.284. The van der Waals surface area contributed by atoms with Crippen LogP contribution in [0.15, 0.2) is 0 Å². The summed E-state index contributed by atoms with van der Waals surface area (Å²) in [6, 6.07) is -0.0871. The third-order valence-corrected chi connectivity index (χ3v) is 3.16. The zero-order chi connectivity index (χ0) is 11.3. The number of rotatable bonds is 4. The molecule has 0 aromatic carbocycles. The summed E-state index contributed by atoms with van der Waals surface area (Å²) in [6.07, 6.45) is 4.82. The van der Waals surface area contributed by atoms with Gasteiger partial charge in [0, 0.05) is 12.6 Å². The van der Waals surface area contributed by atoms with Crippen molar-refractivity contribution in [3.8, 4) is 0 Å². The minimum Gasteiger partial charge on any atom is -0.481 e. The van der Waals surface area contributed by atoms with E-state index in [1.807, 2.05) is 6.26 Å². The second-order valence-corrected chi connectivity index (χ2v) is 4.63. The van der Waals surface area contributed by atoms with Gasteiger partial charge in [-0.2, -0.15) is 11.8 Å². The highest BCUT2D eigenvalue weighted by molar-refractivity contribution is 7.99. The molecule has 5 heteroatoms. The highest BCUT2D eigenvalue weighted by Crippen LogP contribution is 2.20. The summed E-state index contributed by atoms with van der Waals surface area (Å²) in [5, 5.41) is 8.75. The van der Waals surface area contributed by atoms with Crippen molar-refractivity contribution in [1.29, 1.82) is 0 Å². The molecule has 86 valence electrons. The summed E-state index contributed by atoms with van der Waals surface area (Å²) in [7, 11) is 0. The van der Waals surface area contributed by atoms with Crippen molar-refractivity contribution in [2.75, 3.05) is 18.6 Å². The third-order valence-electron chi connectivity index (χ3n) is 2.63. The number of aliphatic carboxylic acids is 1. The van der Waals surface area contributed by atoms with Crippen LogP contribution in [-0.2, 0) is 9.59 Å². The van der Waals surface area contributed by atoms with Crippen LogP contribution in [0.5, 0.6) is 0 Å². The summed E-state index contributed by atoms with van der Waals surface area (Å²) >= 11 is 1.49. The standard InChI is InChI=1S/C10H17NO3S/c1-15-7-9(12)11-5-3-2-4-8(11)6-10(13)14/h8H,2-7H2,1H3,(H,13,14). The van der Waals surface area contributed by atoms with E-state index in [9.17, 15) is 9.59 Å². The van der Waals surface area contributed by atoms with E-state index in [-0.39, 0.29) is 18.4 Å². The molecule has 0 radical (unpaired) electrons. The summed E-state index contributed by atoms with van der Waals surface area (Å²) in [4.78, 5) is 24.1. The van der Waals surface area contributed by atoms with Crippen molar-refractivity contribution in [1.82, 2.24) is 4.90 Å². The van der Waals surface area contributed by atoms with E-state index in [1.165, 1.54) is 11.8 Å². The number of amides is 1. The Bertz CT molecular complexity index is 245. The van der Waals surface area contributed by atoms with Gasteiger partial charge >= 0.3 is 5.97 Å². The summed E-state index contributed by atoms with van der Waals surface area (Å²) < 4.78 is 0. The van der Waals surface area contributed by atoms with Crippen LogP contribution in [0.3, 0.4) is 0 Å². The van der Waals surface area contributed by atoms with Crippen molar-refractivity contribution in [2.24, 2.45) is 0 Å². The molecule has 1 aliphatic rings. The van der Waals surface area contributed by atoms with Crippen LogP contribution < -0.4 is 0 Å². The van der Waals surface area contributed by atoms with E-state index in [0.717, 1.165) is 25.8 Å². The Balaban J connectivity index is 2.56. The van der Waals surface area contributed by atoms with Crippen molar-refractivity contribution in [3.63, 3.8) is 0 Å². The molecule has 1 atom stereocenters. The predicted molar refractivity (Wildman–Crippen MR) is 60.0 cm³/mol. The van der Waals surface area contributed by atoms with Crippen molar-refractivity contribution >= 4 is 23.6 Å². The number of carboxylic acid groups (broad SMARTS) is 1. The number of carboxylic acids is 1. The molecule has 0 saturated carbocycles. The lowest BCUT2D eigenvalue weighted by Gasteiger charge is -2.34. The van der Waals surface area contributed by atoms with Gasteiger partial charge in [-0.25, -0.2) is 0 Å². The molecule has 0 aliphatic carbocycles. The molecular weight excluding hydrogens is 214 g/mol. The first kappa shape index (κ1) is 12.4. The lowest BCUT2D eigenvalue weighted by molar-refractivity contribution is -0.141. The predicted octanol–water partition coefficient (Wildman–Crippen LogP) is 1.21. The summed E-state index contributed by atoms with van der Waals surface area (Å²) in [5.41, 5.74) is 0. The average Bonchev–Trinajstić information content (AvgIpc) is 2.18. The minimum atomic E-state index is -0.816. The smallest absolute Gasteiger partial charge is 0.305 e. The maximum atomic E-state index is 11.7. The highest BCUT2D eigenvalue weighted by atomic mass is 32.2. The Hall–Kier alpha value is -0.710. The first-order valence-electron chi connectivity index (χ1n) is 5.15. The number of nitrogens with zero attached hydrogens (tertiary/aromatic N) is 1. The molecule has 0 aromatic rings. The van der Waals surface area contributed by atoms with Gasteiger partial charge in [-0.15, -0.1) is 0 Å². The SMILES string of the molecule is CSCC(=O)N1CCCCC1CC(=O)O. The molecule has 1 fully saturated rings. The monoisotopic (exact) mass is 231 g/mol. The number of thioether (sulfide) groups is 1. The van der Waals surface area contributed by atoms with Crippen molar-refractivity contribution in [3.05, 3.63) is 0 Å². The van der Waals surface area contributed by atoms with Gasteiger partial charge in [0.15, 0.2) is 0 Å². The van der Waals surface area contributed by atoms with Gasteiger partial charge in [0.25, 0.3) is 0 Å². The number of likely N-dealkylation sites (tertiary alicyclic amines) is 1. The van der Waals surface area contributed by atoms with E-state index in [4.69, 9.17) is 5.11 Å². The zero-order valence-electron chi connectivity index (χ0n) is 8.94. The second-order valence-electron chi connectivity index (χ2n) is 3.77. The molecule has 1 N–H and O–H groups in total. The van der Waals surface area contributed by atoms with Crippen molar-refractivity contribution in [2.45, 2.75) is 31.7 Å². The maximum Gasteiger partial charge on any atom is 0.305 e. The van der Waals surface area contributed by atoms with Crippen LogP contribution in [-0.4, -0.2) is 46.5 Å². The first-order valence-corrected chi connectivity index (χ1v) is 6.54. The lowest BCUT2D eigenvalue weighted by atomic mass is 9.99. The average molecular weight is 231 g/mol. The molecule has 1 amide bonds. The Morgan fingerprint density at radius 3 is 2.80 bits per heavy atom. The quantitative estimate of drug-likeness (QED) is 0.790.